The Bertz CT molecular complexity index is 721. The number of halogens is 1. The summed E-state index contributed by atoms with van der Waals surface area (Å²) in [5, 5.41) is -0.768. The summed E-state index contributed by atoms with van der Waals surface area (Å²) < 4.78 is 0.906. The van der Waals surface area contributed by atoms with Gasteiger partial charge in [-0.25, -0.2) is 4.90 Å². The Morgan fingerprint density at radius 3 is 2.35 bits per heavy atom. The van der Waals surface area contributed by atoms with Gasteiger partial charge in [-0.3, -0.25) is 9.59 Å². The predicted octanol–water partition coefficient (Wildman–Crippen LogP) is 4.50. The van der Waals surface area contributed by atoms with Crippen molar-refractivity contribution in [1.82, 2.24) is 0 Å². The van der Waals surface area contributed by atoms with Gasteiger partial charge in [0.25, 0.3) is 11.1 Å². The van der Waals surface area contributed by atoms with Gasteiger partial charge in [-0.2, -0.15) is 0 Å². The zero-order chi connectivity index (χ0) is 16.4. The van der Waals surface area contributed by atoms with E-state index in [2.05, 4.69) is 15.9 Å². The molecule has 3 rings (SSSR count). The van der Waals surface area contributed by atoms with Crippen molar-refractivity contribution in [3.05, 3.63) is 59.1 Å². The van der Waals surface area contributed by atoms with Crippen molar-refractivity contribution in [1.29, 1.82) is 0 Å². The lowest BCUT2D eigenvalue weighted by Crippen LogP contribution is -2.41. The number of anilines is 2. The summed E-state index contributed by atoms with van der Waals surface area (Å²) in [4.78, 5) is 28.4. The standard InChI is InChI=1S/C17H15BrN2O2S/c1-2-19(13-6-4-3-5-7-13)16-15(21)20(17(22)23-16)14-10-8-12(18)9-11-14/h3-11,16H,2H2,1H3. The summed E-state index contributed by atoms with van der Waals surface area (Å²) in [6.45, 7) is 2.63. The zero-order valence-electron chi connectivity index (χ0n) is 12.5. The minimum atomic E-state index is -0.529. The van der Waals surface area contributed by atoms with Crippen molar-refractivity contribution < 1.29 is 9.59 Å². The number of imide groups is 1. The number of hydrogen-bond donors (Lipinski definition) is 0. The van der Waals surface area contributed by atoms with E-state index in [1.807, 2.05) is 54.3 Å². The third-order valence-corrected chi connectivity index (χ3v) is 5.22. The molecule has 1 unspecified atom stereocenters. The molecule has 1 fully saturated rings. The molecule has 1 aliphatic rings. The van der Waals surface area contributed by atoms with Crippen LogP contribution in [0.5, 0.6) is 0 Å². The molecule has 0 saturated carbocycles. The second kappa shape index (κ2) is 6.76. The first-order valence-electron chi connectivity index (χ1n) is 7.23. The molecule has 0 radical (unpaired) electrons. The molecule has 1 aliphatic heterocycles. The lowest BCUT2D eigenvalue weighted by atomic mass is 10.2. The topological polar surface area (TPSA) is 40.6 Å². The number of likely N-dealkylation sites (N-methyl/N-ethyl adjacent to an activating group) is 1. The van der Waals surface area contributed by atoms with E-state index in [0.717, 1.165) is 21.9 Å². The van der Waals surface area contributed by atoms with E-state index in [4.69, 9.17) is 0 Å². The van der Waals surface area contributed by atoms with Gasteiger partial charge in [-0.1, -0.05) is 34.1 Å². The fourth-order valence-electron chi connectivity index (χ4n) is 2.52. The highest BCUT2D eigenvalue weighted by molar-refractivity contribution is 9.10. The van der Waals surface area contributed by atoms with Gasteiger partial charge in [-0.05, 0) is 55.1 Å². The summed E-state index contributed by atoms with van der Waals surface area (Å²) in [6, 6.07) is 16.9. The Morgan fingerprint density at radius 2 is 1.74 bits per heavy atom. The summed E-state index contributed by atoms with van der Waals surface area (Å²) in [6.07, 6.45) is 0. The molecular formula is C17H15BrN2O2S. The van der Waals surface area contributed by atoms with Crippen molar-refractivity contribution in [3.8, 4) is 0 Å². The number of rotatable bonds is 4. The number of benzene rings is 2. The molecular weight excluding hydrogens is 376 g/mol. The Kier molecular flexibility index (Phi) is 4.73. The molecule has 1 atom stereocenters. The molecule has 0 aromatic heterocycles. The smallest absolute Gasteiger partial charge is 0.295 e. The van der Waals surface area contributed by atoms with Crippen LogP contribution in [-0.4, -0.2) is 23.1 Å². The van der Waals surface area contributed by atoms with Gasteiger partial charge in [0.15, 0.2) is 5.37 Å². The number of thioether (sulfide) groups is 1. The third kappa shape index (κ3) is 3.14. The Hall–Kier alpha value is -1.79. The molecule has 1 heterocycles. The molecule has 23 heavy (non-hydrogen) atoms. The first kappa shape index (κ1) is 16.1. The SMILES string of the molecule is CCN(c1ccccc1)C1SC(=O)N(c2ccc(Br)cc2)C1=O. The van der Waals surface area contributed by atoms with E-state index in [-0.39, 0.29) is 11.1 Å². The third-order valence-electron chi connectivity index (χ3n) is 3.62. The number of hydrogen-bond acceptors (Lipinski definition) is 4. The summed E-state index contributed by atoms with van der Waals surface area (Å²) in [5.41, 5.74) is 1.54. The first-order valence-corrected chi connectivity index (χ1v) is 8.91. The van der Waals surface area contributed by atoms with Crippen LogP contribution < -0.4 is 9.80 Å². The zero-order valence-corrected chi connectivity index (χ0v) is 14.9. The first-order chi connectivity index (χ1) is 11.1. The Morgan fingerprint density at radius 1 is 1.09 bits per heavy atom. The van der Waals surface area contributed by atoms with Gasteiger partial charge in [0.1, 0.15) is 0 Å². The van der Waals surface area contributed by atoms with E-state index in [1.165, 1.54) is 4.90 Å². The fourth-order valence-corrected chi connectivity index (χ4v) is 3.88. The van der Waals surface area contributed by atoms with Gasteiger partial charge in [0.2, 0.25) is 0 Å². The number of amides is 2. The van der Waals surface area contributed by atoms with Crippen LogP contribution in [0.25, 0.3) is 0 Å². The van der Waals surface area contributed by atoms with Gasteiger partial charge in [0.05, 0.1) is 5.69 Å². The van der Waals surface area contributed by atoms with Crippen LogP contribution >= 0.6 is 27.7 Å². The summed E-state index contributed by atoms with van der Waals surface area (Å²) in [5.74, 6) is -0.201. The second-order valence-corrected chi connectivity index (χ2v) is 6.95. The molecule has 4 nitrogen and oxygen atoms in total. The monoisotopic (exact) mass is 390 g/mol. The van der Waals surface area contributed by atoms with Crippen molar-refractivity contribution in [2.75, 3.05) is 16.3 Å². The van der Waals surface area contributed by atoms with Gasteiger partial charge in [0, 0.05) is 16.7 Å². The highest BCUT2D eigenvalue weighted by atomic mass is 79.9. The van der Waals surface area contributed by atoms with Gasteiger partial charge >= 0.3 is 0 Å². The average molecular weight is 391 g/mol. The van der Waals surface area contributed by atoms with Crippen LogP contribution in [-0.2, 0) is 4.79 Å². The van der Waals surface area contributed by atoms with Crippen LogP contribution in [0.3, 0.4) is 0 Å². The van der Waals surface area contributed by atoms with E-state index in [1.54, 1.807) is 12.1 Å². The maximum Gasteiger partial charge on any atom is 0.295 e. The van der Waals surface area contributed by atoms with E-state index in [0.29, 0.717) is 12.2 Å². The largest absolute Gasteiger partial charge is 0.351 e. The number of carbonyl (C=O) groups excluding carboxylic acids is 2. The van der Waals surface area contributed by atoms with Crippen molar-refractivity contribution in [2.24, 2.45) is 0 Å². The molecule has 0 aliphatic carbocycles. The molecule has 0 bridgehead atoms. The van der Waals surface area contributed by atoms with Gasteiger partial charge < -0.3 is 4.90 Å². The normalized spacial score (nSPS) is 17.7. The van der Waals surface area contributed by atoms with Crippen LogP contribution in [0.15, 0.2) is 59.1 Å². The van der Waals surface area contributed by atoms with Crippen molar-refractivity contribution >= 4 is 50.2 Å². The lowest BCUT2D eigenvalue weighted by Gasteiger charge is -2.27. The lowest BCUT2D eigenvalue weighted by molar-refractivity contribution is -0.117. The molecule has 2 aromatic rings. The second-order valence-electron chi connectivity index (χ2n) is 5.01. The molecule has 0 N–H and O–H groups in total. The summed E-state index contributed by atoms with van der Waals surface area (Å²) in [7, 11) is 0. The molecule has 2 amide bonds. The molecule has 6 heteroatoms. The van der Waals surface area contributed by atoms with Crippen LogP contribution in [0.1, 0.15) is 6.92 Å². The van der Waals surface area contributed by atoms with E-state index in [9.17, 15) is 9.59 Å². The van der Waals surface area contributed by atoms with Crippen LogP contribution in [0.2, 0.25) is 0 Å². The maximum absolute atomic E-state index is 12.8. The van der Waals surface area contributed by atoms with E-state index >= 15 is 0 Å². The van der Waals surface area contributed by atoms with Crippen molar-refractivity contribution in [2.45, 2.75) is 12.3 Å². The molecule has 2 aromatic carbocycles. The number of para-hydroxylation sites is 1. The highest BCUT2D eigenvalue weighted by Gasteiger charge is 2.43. The quantitative estimate of drug-likeness (QED) is 0.770. The number of carbonyl (C=O) groups is 2. The number of nitrogens with zero attached hydrogens (tertiary/aromatic N) is 2. The summed E-state index contributed by atoms with van der Waals surface area (Å²) >= 11 is 4.42. The van der Waals surface area contributed by atoms with Crippen LogP contribution in [0, 0.1) is 0 Å². The molecule has 118 valence electrons. The Balaban J connectivity index is 1.90. The van der Waals surface area contributed by atoms with Crippen LogP contribution in [0.4, 0.5) is 16.2 Å². The maximum atomic E-state index is 12.8. The fraction of sp³-hybridized carbons (Fsp3) is 0.176. The Labute approximate surface area is 147 Å². The van der Waals surface area contributed by atoms with Crippen molar-refractivity contribution in [3.63, 3.8) is 0 Å². The molecule has 1 saturated heterocycles. The minimum absolute atomic E-state index is 0.201. The van der Waals surface area contributed by atoms with Gasteiger partial charge in [-0.15, -0.1) is 0 Å². The highest BCUT2D eigenvalue weighted by Crippen LogP contribution is 2.35. The average Bonchev–Trinajstić information content (AvgIpc) is 2.85. The predicted molar refractivity (Wildman–Crippen MR) is 97.9 cm³/mol. The molecule has 0 spiro atoms. The van der Waals surface area contributed by atoms with E-state index < -0.39 is 5.37 Å². The minimum Gasteiger partial charge on any atom is -0.351 e.